The number of carbonyl (C=O) groups excluding carboxylic acids is 2. The van der Waals surface area contributed by atoms with Crippen molar-refractivity contribution in [1.29, 1.82) is 0 Å². The molecule has 0 atom stereocenters. The predicted octanol–water partition coefficient (Wildman–Crippen LogP) is 2.51. The molecule has 0 spiro atoms. The van der Waals surface area contributed by atoms with Gasteiger partial charge in [-0.05, 0) is 42.9 Å². The van der Waals surface area contributed by atoms with E-state index >= 15 is 0 Å². The third kappa shape index (κ3) is 5.67. The lowest BCUT2D eigenvalue weighted by atomic mass is 9.87. The van der Waals surface area contributed by atoms with Gasteiger partial charge in [0, 0.05) is 12.1 Å². The summed E-state index contributed by atoms with van der Waals surface area (Å²) < 4.78 is 0. The molecule has 3 N–H and O–H groups in total. The van der Waals surface area contributed by atoms with Gasteiger partial charge in [0.1, 0.15) is 0 Å². The first-order valence-electron chi connectivity index (χ1n) is 8.35. The quantitative estimate of drug-likeness (QED) is 0.754. The minimum atomic E-state index is -0.250. The lowest BCUT2D eigenvalue weighted by molar-refractivity contribution is -0.125. The van der Waals surface area contributed by atoms with Gasteiger partial charge < -0.3 is 15.7 Å². The van der Waals surface area contributed by atoms with Crippen LogP contribution in [0.2, 0.25) is 0 Å². The van der Waals surface area contributed by atoms with Gasteiger partial charge in [0.05, 0.1) is 13.2 Å². The van der Waals surface area contributed by atoms with Crippen molar-refractivity contribution in [3.63, 3.8) is 0 Å². The summed E-state index contributed by atoms with van der Waals surface area (Å²) in [4.78, 5) is 23.9. The fraction of sp³-hybridized carbons (Fsp3) is 0.556. The Bertz CT molecular complexity index is 551. The number of aliphatic hydroxyl groups excluding tert-OH is 1. The molecule has 1 aromatic rings. The molecule has 1 aromatic carbocycles. The van der Waals surface area contributed by atoms with Gasteiger partial charge in [-0.15, -0.1) is 0 Å². The largest absolute Gasteiger partial charge is 0.392 e. The normalized spacial score (nSPS) is 15.2. The number of anilines is 1. The van der Waals surface area contributed by atoms with Crippen LogP contribution in [0.5, 0.6) is 0 Å². The van der Waals surface area contributed by atoms with Crippen LogP contribution in [0.1, 0.15) is 49.7 Å². The van der Waals surface area contributed by atoms with E-state index in [1.807, 2.05) is 19.1 Å². The highest BCUT2D eigenvalue weighted by Crippen LogP contribution is 2.26. The topological polar surface area (TPSA) is 78.4 Å². The van der Waals surface area contributed by atoms with Crippen molar-refractivity contribution in [2.45, 2.75) is 52.1 Å². The maximum absolute atomic E-state index is 12.0. The highest BCUT2D eigenvalue weighted by Gasteiger charge is 2.17. The Hall–Kier alpha value is -1.88. The maximum Gasteiger partial charge on any atom is 0.243 e. The maximum atomic E-state index is 12.0. The van der Waals surface area contributed by atoms with Crippen LogP contribution in [0, 0.1) is 12.8 Å². The number of hydrogen-bond donors (Lipinski definition) is 3. The Morgan fingerprint density at radius 2 is 1.91 bits per heavy atom. The van der Waals surface area contributed by atoms with E-state index in [0.29, 0.717) is 18.0 Å². The smallest absolute Gasteiger partial charge is 0.243 e. The fourth-order valence-electron chi connectivity index (χ4n) is 3.00. The number of nitrogens with one attached hydrogen (secondary N) is 2. The Balaban J connectivity index is 1.77. The fourth-order valence-corrected chi connectivity index (χ4v) is 3.00. The molecule has 0 radical (unpaired) electrons. The summed E-state index contributed by atoms with van der Waals surface area (Å²) in [5.74, 6) is 0.170. The number of amides is 2. The minimum absolute atomic E-state index is 0.0195. The molecule has 0 unspecified atom stereocenters. The summed E-state index contributed by atoms with van der Waals surface area (Å²) in [6, 6.07) is 5.41. The summed E-state index contributed by atoms with van der Waals surface area (Å²) in [5, 5.41) is 14.6. The Kier molecular flexibility index (Phi) is 6.59. The molecule has 5 nitrogen and oxygen atoms in total. The highest BCUT2D eigenvalue weighted by molar-refractivity contribution is 5.95. The van der Waals surface area contributed by atoms with Gasteiger partial charge in [0.25, 0.3) is 0 Å². The van der Waals surface area contributed by atoms with Gasteiger partial charge in [0.2, 0.25) is 11.8 Å². The van der Waals surface area contributed by atoms with Crippen LogP contribution in [0.15, 0.2) is 18.2 Å². The molecular weight excluding hydrogens is 292 g/mol. The molecule has 126 valence electrons. The molecule has 1 aliphatic carbocycles. The van der Waals surface area contributed by atoms with Crippen molar-refractivity contribution in [2.24, 2.45) is 5.92 Å². The van der Waals surface area contributed by atoms with Crippen LogP contribution in [0.25, 0.3) is 0 Å². The third-order valence-electron chi connectivity index (χ3n) is 4.40. The van der Waals surface area contributed by atoms with E-state index < -0.39 is 0 Å². The average Bonchev–Trinajstić information content (AvgIpc) is 2.56. The van der Waals surface area contributed by atoms with Crippen LogP contribution in [0.3, 0.4) is 0 Å². The first kappa shape index (κ1) is 17.5. The molecule has 0 aromatic heterocycles. The molecule has 0 bridgehead atoms. The van der Waals surface area contributed by atoms with Crippen molar-refractivity contribution in [3.05, 3.63) is 29.3 Å². The average molecular weight is 318 g/mol. The van der Waals surface area contributed by atoms with Crippen LogP contribution < -0.4 is 10.6 Å². The molecule has 1 saturated carbocycles. The van der Waals surface area contributed by atoms with Crippen LogP contribution in [-0.4, -0.2) is 23.5 Å². The van der Waals surface area contributed by atoms with E-state index in [-0.39, 0.29) is 25.0 Å². The highest BCUT2D eigenvalue weighted by atomic mass is 16.3. The Morgan fingerprint density at radius 1 is 1.17 bits per heavy atom. The summed E-state index contributed by atoms with van der Waals surface area (Å²) in [6.07, 6.45) is 6.44. The molecule has 0 heterocycles. The van der Waals surface area contributed by atoms with Crippen molar-refractivity contribution in [1.82, 2.24) is 5.32 Å². The van der Waals surface area contributed by atoms with Crippen LogP contribution in [-0.2, 0) is 16.2 Å². The standard InChI is InChI=1S/C18H26N2O3/c1-13-7-8-15(12-21)9-16(13)20-18(23)11-19-17(22)10-14-5-3-2-4-6-14/h7-9,14,21H,2-6,10-12H2,1H3,(H,19,22)(H,20,23). The van der Waals surface area contributed by atoms with Crippen molar-refractivity contribution in [2.75, 3.05) is 11.9 Å². The molecule has 1 aliphatic rings. The molecule has 5 heteroatoms. The molecule has 0 saturated heterocycles. The van der Waals surface area contributed by atoms with Gasteiger partial charge in [-0.1, -0.05) is 31.4 Å². The SMILES string of the molecule is Cc1ccc(CO)cc1NC(=O)CNC(=O)CC1CCCCC1. The monoisotopic (exact) mass is 318 g/mol. The Labute approximate surface area is 137 Å². The lowest BCUT2D eigenvalue weighted by Crippen LogP contribution is -2.34. The second-order valence-electron chi connectivity index (χ2n) is 6.34. The predicted molar refractivity (Wildman–Crippen MR) is 89.9 cm³/mol. The van der Waals surface area contributed by atoms with E-state index in [9.17, 15) is 9.59 Å². The number of benzene rings is 1. The number of aliphatic hydroxyl groups is 1. The first-order valence-corrected chi connectivity index (χ1v) is 8.35. The zero-order valence-corrected chi connectivity index (χ0v) is 13.7. The second kappa shape index (κ2) is 8.67. The van der Waals surface area contributed by atoms with E-state index in [0.717, 1.165) is 24.0 Å². The van der Waals surface area contributed by atoms with Gasteiger partial charge in [-0.3, -0.25) is 9.59 Å². The molecular formula is C18H26N2O3. The van der Waals surface area contributed by atoms with E-state index in [1.54, 1.807) is 6.07 Å². The van der Waals surface area contributed by atoms with Crippen LogP contribution >= 0.6 is 0 Å². The van der Waals surface area contributed by atoms with Crippen molar-refractivity contribution < 1.29 is 14.7 Å². The zero-order chi connectivity index (χ0) is 16.7. The van der Waals surface area contributed by atoms with E-state index in [4.69, 9.17) is 5.11 Å². The van der Waals surface area contributed by atoms with E-state index in [1.165, 1.54) is 19.3 Å². The minimum Gasteiger partial charge on any atom is -0.392 e. The number of aryl methyl sites for hydroxylation is 1. The van der Waals surface area contributed by atoms with Gasteiger partial charge >= 0.3 is 0 Å². The number of carbonyl (C=O) groups is 2. The van der Waals surface area contributed by atoms with Gasteiger partial charge in [-0.25, -0.2) is 0 Å². The summed E-state index contributed by atoms with van der Waals surface area (Å²) >= 11 is 0. The molecule has 0 aliphatic heterocycles. The lowest BCUT2D eigenvalue weighted by Gasteiger charge is -2.20. The zero-order valence-electron chi connectivity index (χ0n) is 13.7. The van der Waals surface area contributed by atoms with Crippen LogP contribution in [0.4, 0.5) is 5.69 Å². The van der Waals surface area contributed by atoms with Crippen molar-refractivity contribution >= 4 is 17.5 Å². The molecule has 1 fully saturated rings. The molecule has 2 amide bonds. The van der Waals surface area contributed by atoms with Gasteiger partial charge in [0.15, 0.2) is 0 Å². The number of hydrogen-bond acceptors (Lipinski definition) is 3. The first-order chi connectivity index (χ1) is 11.1. The second-order valence-corrected chi connectivity index (χ2v) is 6.34. The summed E-state index contributed by atoms with van der Waals surface area (Å²) in [7, 11) is 0. The summed E-state index contributed by atoms with van der Waals surface area (Å²) in [6.45, 7) is 1.80. The Morgan fingerprint density at radius 3 is 2.61 bits per heavy atom. The molecule has 23 heavy (non-hydrogen) atoms. The van der Waals surface area contributed by atoms with Crippen molar-refractivity contribution in [3.8, 4) is 0 Å². The summed E-state index contributed by atoms with van der Waals surface area (Å²) in [5.41, 5.74) is 2.33. The third-order valence-corrected chi connectivity index (χ3v) is 4.40. The molecule has 2 rings (SSSR count). The number of rotatable bonds is 6. The van der Waals surface area contributed by atoms with Gasteiger partial charge in [-0.2, -0.15) is 0 Å². The van der Waals surface area contributed by atoms with E-state index in [2.05, 4.69) is 10.6 Å².